The van der Waals surface area contributed by atoms with Crippen molar-refractivity contribution in [1.82, 2.24) is 10.3 Å². The lowest BCUT2D eigenvalue weighted by Crippen LogP contribution is -2.44. The molecule has 1 heterocycles. The second-order valence-corrected chi connectivity index (χ2v) is 8.53. The van der Waals surface area contributed by atoms with Crippen molar-refractivity contribution in [1.29, 1.82) is 0 Å². The van der Waals surface area contributed by atoms with Gasteiger partial charge >= 0.3 is 0 Å². The lowest BCUT2D eigenvalue weighted by Gasteiger charge is -2.26. The van der Waals surface area contributed by atoms with Gasteiger partial charge in [-0.25, -0.2) is 0 Å². The Morgan fingerprint density at radius 1 is 1.17 bits per heavy atom. The Kier molecular flexibility index (Phi) is 5.35. The zero-order valence-electron chi connectivity index (χ0n) is 17.7. The highest BCUT2D eigenvalue weighted by Crippen LogP contribution is 2.30. The average Bonchev–Trinajstić information content (AvgIpc) is 3.05. The number of aromatic amines is 1. The quantitative estimate of drug-likeness (QED) is 0.641. The number of hydrogen-bond donors (Lipinski definition) is 2. The van der Waals surface area contributed by atoms with E-state index < -0.39 is 6.10 Å². The molecule has 1 aliphatic rings. The number of hydrogen-bond acceptors (Lipinski definition) is 2. The summed E-state index contributed by atoms with van der Waals surface area (Å²) in [5.41, 5.74) is 6.25. The summed E-state index contributed by atoms with van der Waals surface area (Å²) < 4.78 is 6.02. The van der Waals surface area contributed by atoms with Gasteiger partial charge in [-0.05, 0) is 61.9 Å². The number of carbonyl (C=O) groups is 1. The summed E-state index contributed by atoms with van der Waals surface area (Å²) >= 11 is 0. The maximum Gasteiger partial charge on any atom is 0.261 e. The second kappa shape index (κ2) is 7.94. The van der Waals surface area contributed by atoms with Gasteiger partial charge in [0.25, 0.3) is 5.91 Å². The highest BCUT2D eigenvalue weighted by Gasteiger charge is 2.26. The maximum atomic E-state index is 12.8. The molecule has 0 saturated heterocycles. The molecular formula is C25H30N2O2. The third kappa shape index (κ3) is 4.02. The summed E-state index contributed by atoms with van der Waals surface area (Å²) in [7, 11) is 0. The molecule has 2 N–H and O–H groups in total. The Bertz CT molecular complexity index is 1030. The van der Waals surface area contributed by atoms with E-state index in [1.54, 1.807) is 0 Å². The molecule has 1 aliphatic carbocycles. The molecule has 2 aromatic carbocycles. The zero-order valence-corrected chi connectivity index (χ0v) is 17.7. The Morgan fingerprint density at radius 3 is 2.76 bits per heavy atom. The lowest BCUT2D eigenvalue weighted by molar-refractivity contribution is -0.128. The molecule has 1 aromatic heterocycles. The van der Waals surface area contributed by atoms with Gasteiger partial charge in [-0.15, -0.1) is 0 Å². The normalized spacial score (nSPS) is 17.2. The van der Waals surface area contributed by atoms with Crippen LogP contribution in [0.5, 0.6) is 5.75 Å². The van der Waals surface area contributed by atoms with Crippen LogP contribution in [0.15, 0.2) is 42.5 Å². The van der Waals surface area contributed by atoms with E-state index in [0.717, 1.165) is 30.6 Å². The largest absolute Gasteiger partial charge is 0.481 e. The predicted molar refractivity (Wildman–Crippen MR) is 118 cm³/mol. The molecule has 0 fully saturated rings. The zero-order chi connectivity index (χ0) is 20.5. The van der Waals surface area contributed by atoms with Crippen LogP contribution in [0, 0.1) is 6.92 Å². The first-order valence-corrected chi connectivity index (χ1v) is 10.6. The number of H-pyrrole nitrogens is 1. The van der Waals surface area contributed by atoms with Gasteiger partial charge in [-0.2, -0.15) is 0 Å². The van der Waals surface area contributed by atoms with E-state index in [4.69, 9.17) is 4.74 Å². The second-order valence-electron chi connectivity index (χ2n) is 8.53. The Labute approximate surface area is 172 Å². The van der Waals surface area contributed by atoms with Crippen molar-refractivity contribution < 1.29 is 9.53 Å². The molecule has 29 heavy (non-hydrogen) atoms. The molecule has 0 aliphatic heterocycles. The Hall–Kier alpha value is -2.75. The number of fused-ring (bicyclic) bond motifs is 3. The first kappa shape index (κ1) is 19.6. The smallest absolute Gasteiger partial charge is 0.261 e. The molecule has 4 heteroatoms. The number of amides is 1. The fourth-order valence-corrected chi connectivity index (χ4v) is 4.29. The van der Waals surface area contributed by atoms with Crippen molar-refractivity contribution in [2.75, 3.05) is 0 Å². The van der Waals surface area contributed by atoms with Gasteiger partial charge in [0.1, 0.15) is 5.75 Å². The number of ether oxygens (including phenoxy) is 1. The summed E-state index contributed by atoms with van der Waals surface area (Å²) in [6.07, 6.45) is 2.25. The van der Waals surface area contributed by atoms with Gasteiger partial charge in [0, 0.05) is 29.1 Å². The summed E-state index contributed by atoms with van der Waals surface area (Å²) in [6.45, 7) is 8.22. The molecular weight excluding hydrogens is 360 g/mol. The molecule has 2 atom stereocenters. The standard InChI is InChI=1S/C25H30N2O2/c1-15(2)19-7-5-6-8-24(19)29-17(4)25(28)26-18-10-11-20-21-13-16(3)9-12-22(21)27-23(20)14-18/h5-9,12-13,15,17-18,27H,10-11,14H2,1-4H3,(H,26,28). The molecule has 0 radical (unpaired) electrons. The predicted octanol–water partition coefficient (Wildman–Crippen LogP) is 5.04. The van der Waals surface area contributed by atoms with Crippen LogP contribution in [0.4, 0.5) is 0 Å². The third-order valence-electron chi connectivity index (χ3n) is 5.90. The van der Waals surface area contributed by atoms with Crippen LogP contribution in [0.2, 0.25) is 0 Å². The van der Waals surface area contributed by atoms with Gasteiger partial charge in [-0.3, -0.25) is 4.79 Å². The molecule has 0 spiro atoms. The van der Waals surface area contributed by atoms with E-state index in [9.17, 15) is 4.79 Å². The highest BCUT2D eigenvalue weighted by molar-refractivity contribution is 5.86. The van der Waals surface area contributed by atoms with Crippen LogP contribution in [0.3, 0.4) is 0 Å². The van der Waals surface area contributed by atoms with Crippen molar-refractivity contribution in [2.24, 2.45) is 0 Å². The number of nitrogens with one attached hydrogen (secondary N) is 2. The number of aryl methyl sites for hydroxylation is 2. The van der Waals surface area contributed by atoms with Gasteiger partial charge in [0.15, 0.2) is 6.10 Å². The summed E-state index contributed by atoms with van der Waals surface area (Å²) in [6, 6.07) is 14.6. The van der Waals surface area contributed by atoms with Crippen molar-refractivity contribution in [3.8, 4) is 5.75 Å². The van der Waals surface area contributed by atoms with E-state index in [0.29, 0.717) is 5.92 Å². The first-order chi connectivity index (χ1) is 13.9. The number of para-hydroxylation sites is 1. The van der Waals surface area contributed by atoms with Crippen LogP contribution in [-0.2, 0) is 17.6 Å². The molecule has 3 aromatic rings. The fourth-order valence-electron chi connectivity index (χ4n) is 4.29. The average molecular weight is 391 g/mol. The highest BCUT2D eigenvalue weighted by atomic mass is 16.5. The van der Waals surface area contributed by atoms with Crippen LogP contribution in [-0.4, -0.2) is 23.0 Å². The fraction of sp³-hybridized carbons (Fsp3) is 0.400. The van der Waals surface area contributed by atoms with Gasteiger partial charge < -0.3 is 15.0 Å². The van der Waals surface area contributed by atoms with E-state index in [2.05, 4.69) is 55.3 Å². The van der Waals surface area contributed by atoms with Gasteiger partial charge in [-0.1, -0.05) is 43.7 Å². The Balaban J connectivity index is 1.42. The SMILES string of the molecule is Cc1ccc2[nH]c3c(c2c1)CCC(NC(=O)C(C)Oc1ccccc1C(C)C)C3. The molecule has 1 amide bonds. The van der Waals surface area contributed by atoms with Crippen molar-refractivity contribution in [3.05, 3.63) is 64.8 Å². The Morgan fingerprint density at radius 2 is 1.97 bits per heavy atom. The summed E-state index contributed by atoms with van der Waals surface area (Å²) in [5, 5.41) is 4.53. The molecule has 0 bridgehead atoms. The van der Waals surface area contributed by atoms with Crippen LogP contribution in [0.1, 0.15) is 55.5 Å². The van der Waals surface area contributed by atoms with Crippen molar-refractivity contribution in [2.45, 2.75) is 65.0 Å². The first-order valence-electron chi connectivity index (χ1n) is 10.6. The monoisotopic (exact) mass is 390 g/mol. The molecule has 4 nitrogen and oxygen atoms in total. The van der Waals surface area contributed by atoms with Gasteiger partial charge in [0.05, 0.1) is 0 Å². The van der Waals surface area contributed by atoms with E-state index in [1.807, 2.05) is 25.1 Å². The minimum Gasteiger partial charge on any atom is -0.481 e. The minimum atomic E-state index is -0.526. The van der Waals surface area contributed by atoms with E-state index >= 15 is 0 Å². The van der Waals surface area contributed by atoms with Crippen LogP contribution in [0.25, 0.3) is 10.9 Å². The topological polar surface area (TPSA) is 54.1 Å². The number of rotatable bonds is 5. The van der Waals surface area contributed by atoms with E-state index in [1.165, 1.54) is 27.7 Å². The number of aromatic nitrogens is 1. The molecule has 0 saturated carbocycles. The summed E-state index contributed by atoms with van der Waals surface area (Å²) in [5.74, 6) is 1.09. The molecule has 2 unspecified atom stereocenters. The number of carbonyl (C=O) groups excluding carboxylic acids is 1. The van der Waals surface area contributed by atoms with Crippen molar-refractivity contribution >= 4 is 16.8 Å². The van der Waals surface area contributed by atoms with Crippen molar-refractivity contribution in [3.63, 3.8) is 0 Å². The lowest BCUT2D eigenvalue weighted by atomic mass is 9.91. The molecule has 152 valence electrons. The number of benzene rings is 2. The van der Waals surface area contributed by atoms with Crippen LogP contribution < -0.4 is 10.1 Å². The van der Waals surface area contributed by atoms with Crippen LogP contribution >= 0.6 is 0 Å². The van der Waals surface area contributed by atoms with E-state index in [-0.39, 0.29) is 11.9 Å². The van der Waals surface area contributed by atoms with Gasteiger partial charge in [0.2, 0.25) is 0 Å². The molecule has 4 rings (SSSR count). The summed E-state index contributed by atoms with van der Waals surface area (Å²) in [4.78, 5) is 16.3. The maximum absolute atomic E-state index is 12.8. The third-order valence-corrected chi connectivity index (χ3v) is 5.90. The minimum absolute atomic E-state index is 0.0519.